The van der Waals surface area contributed by atoms with Crippen LogP contribution < -0.4 is 9.80 Å². The maximum Gasteiger partial charge on any atom is 0.231 e. The van der Waals surface area contributed by atoms with E-state index in [0.717, 1.165) is 16.9 Å². The van der Waals surface area contributed by atoms with Crippen LogP contribution in [0.2, 0.25) is 0 Å². The van der Waals surface area contributed by atoms with Gasteiger partial charge in [0.1, 0.15) is 5.75 Å². The van der Waals surface area contributed by atoms with Gasteiger partial charge in [-0.3, -0.25) is 4.79 Å². The van der Waals surface area contributed by atoms with Crippen molar-refractivity contribution in [1.82, 2.24) is 0 Å². The van der Waals surface area contributed by atoms with Crippen LogP contribution in [0.4, 0.5) is 11.4 Å². The Hall–Kier alpha value is -2.49. The highest BCUT2D eigenvalue weighted by molar-refractivity contribution is 5.97. The lowest BCUT2D eigenvalue weighted by atomic mass is 10.1. The van der Waals surface area contributed by atoms with Gasteiger partial charge in [0.05, 0.1) is 17.8 Å². The molecule has 0 radical (unpaired) electrons. The van der Waals surface area contributed by atoms with E-state index >= 15 is 0 Å². The Morgan fingerprint density at radius 3 is 2.29 bits per heavy atom. The van der Waals surface area contributed by atoms with E-state index in [1.165, 1.54) is 0 Å². The fourth-order valence-electron chi connectivity index (χ4n) is 2.22. The van der Waals surface area contributed by atoms with E-state index in [-0.39, 0.29) is 18.1 Å². The number of likely N-dealkylation sites (N-methyl/N-ethyl adjacent to an activating group) is 1. The van der Waals surface area contributed by atoms with Crippen LogP contribution in [0.25, 0.3) is 0 Å². The van der Waals surface area contributed by atoms with Gasteiger partial charge >= 0.3 is 0 Å². The lowest BCUT2D eigenvalue weighted by molar-refractivity contribution is -0.117. The first-order chi connectivity index (χ1) is 9.99. The van der Waals surface area contributed by atoms with Crippen LogP contribution in [0.15, 0.2) is 48.5 Å². The van der Waals surface area contributed by atoms with E-state index in [1.807, 2.05) is 49.3 Å². The van der Waals surface area contributed by atoms with Crippen LogP contribution in [0.1, 0.15) is 5.56 Å². The van der Waals surface area contributed by atoms with Crippen molar-refractivity contribution in [2.24, 2.45) is 0 Å². The molecule has 21 heavy (non-hydrogen) atoms. The first-order valence-corrected chi connectivity index (χ1v) is 6.80. The van der Waals surface area contributed by atoms with E-state index in [2.05, 4.69) is 0 Å². The molecule has 2 aromatic carbocycles. The normalized spacial score (nSPS) is 10.2. The summed E-state index contributed by atoms with van der Waals surface area (Å²) in [6, 6.07) is 14.6. The quantitative estimate of drug-likeness (QED) is 0.938. The van der Waals surface area contributed by atoms with Gasteiger partial charge in [0.25, 0.3) is 0 Å². The largest absolute Gasteiger partial charge is 0.508 e. The molecule has 4 nitrogen and oxygen atoms in total. The standard InChI is InChI=1S/C17H20N2O2/c1-18(2)15-9-4-5-10-16(15)19(3)17(21)12-13-7-6-8-14(20)11-13/h4-11,20H,12H2,1-3H3. The Kier molecular flexibility index (Phi) is 4.48. The Morgan fingerprint density at radius 2 is 1.67 bits per heavy atom. The molecule has 0 aliphatic carbocycles. The minimum absolute atomic E-state index is 0.0186. The van der Waals surface area contributed by atoms with Gasteiger partial charge in [0.2, 0.25) is 5.91 Å². The molecule has 1 N–H and O–H groups in total. The van der Waals surface area contributed by atoms with Gasteiger partial charge in [-0.05, 0) is 29.8 Å². The zero-order valence-electron chi connectivity index (χ0n) is 12.6. The van der Waals surface area contributed by atoms with Crippen LogP contribution in [-0.4, -0.2) is 32.2 Å². The first kappa shape index (κ1) is 14.9. The molecule has 110 valence electrons. The molecule has 0 atom stereocenters. The number of hydrogen-bond donors (Lipinski definition) is 1. The van der Waals surface area contributed by atoms with Crippen molar-refractivity contribution >= 4 is 17.3 Å². The predicted molar refractivity (Wildman–Crippen MR) is 86.0 cm³/mol. The first-order valence-electron chi connectivity index (χ1n) is 6.80. The maximum atomic E-state index is 12.4. The van der Waals surface area contributed by atoms with Crippen LogP contribution in [-0.2, 0) is 11.2 Å². The minimum Gasteiger partial charge on any atom is -0.508 e. The summed E-state index contributed by atoms with van der Waals surface area (Å²) in [5.41, 5.74) is 2.66. The number of rotatable bonds is 4. The summed E-state index contributed by atoms with van der Waals surface area (Å²) in [7, 11) is 5.67. The highest BCUT2D eigenvalue weighted by Crippen LogP contribution is 2.27. The molecule has 0 fully saturated rings. The maximum absolute atomic E-state index is 12.4. The third kappa shape index (κ3) is 3.54. The second kappa shape index (κ2) is 6.31. The molecule has 0 bridgehead atoms. The molecule has 2 aromatic rings. The second-order valence-electron chi connectivity index (χ2n) is 5.18. The van der Waals surface area contributed by atoms with Gasteiger partial charge in [-0.25, -0.2) is 0 Å². The van der Waals surface area contributed by atoms with Crippen molar-refractivity contribution in [1.29, 1.82) is 0 Å². The molecule has 0 saturated heterocycles. The van der Waals surface area contributed by atoms with Crippen LogP contribution in [0.3, 0.4) is 0 Å². The molecule has 0 aliphatic heterocycles. The van der Waals surface area contributed by atoms with Crippen molar-refractivity contribution in [3.05, 3.63) is 54.1 Å². The van der Waals surface area contributed by atoms with Gasteiger partial charge in [0.15, 0.2) is 0 Å². The summed E-state index contributed by atoms with van der Waals surface area (Å²) in [6.45, 7) is 0. The number of nitrogens with zero attached hydrogens (tertiary/aromatic N) is 2. The third-order valence-corrected chi connectivity index (χ3v) is 3.36. The highest BCUT2D eigenvalue weighted by Gasteiger charge is 2.15. The molecule has 0 aliphatic rings. The fraction of sp³-hybridized carbons (Fsp3) is 0.235. The number of carbonyl (C=O) groups excluding carboxylic acids is 1. The topological polar surface area (TPSA) is 43.8 Å². The molecule has 2 rings (SSSR count). The van der Waals surface area contributed by atoms with Gasteiger partial charge in [-0.1, -0.05) is 24.3 Å². The van der Waals surface area contributed by atoms with Crippen LogP contribution >= 0.6 is 0 Å². The lowest BCUT2D eigenvalue weighted by Gasteiger charge is -2.24. The number of benzene rings is 2. The molecule has 0 saturated carbocycles. The zero-order chi connectivity index (χ0) is 15.4. The van der Waals surface area contributed by atoms with Crippen molar-refractivity contribution in [3.8, 4) is 5.75 Å². The molecule has 0 heterocycles. The predicted octanol–water partition coefficient (Wildman–Crippen LogP) is 2.66. The average molecular weight is 284 g/mol. The van der Waals surface area contributed by atoms with Gasteiger partial charge in [-0.2, -0.15) is 0 Å². The number of phenolic OH excluding ortho intramolecular Hbond substituents is 1. The summed E-state index contributed by atoms with van der Waals surface area (Å²) in [5, 5.41) is 9.47. The molecule has 0 spiro atoms. The van der Waals surface area contributed by atoms with Crippen molar-refractivity contribution in [2.45, 2.75) is 6.42 Å². The summed E-state index contributed by atoms with van der Waals surface area (Å²) in [6.07, 6.45) is 0.257. The summed E-state index contributed by atoms with van der Waals surface area (Å²) < 4.78 is 0. The van der Waals surface area contributed by atoms with E-state index < -0.39 is 0 Å². The van der Waals surface area contributed by atoms with Crippen molar-refractivity contribution < 1.29 is 9.90 Å². The number of hydrogen-bond acceptors (Lipinski definition) is 3. The highest BCUT2D eigenvalue weighted by atomic mass is 16.3. The molecule has 1 amide bonds. The number of anilines is 2. The molecule has 0 aromatic heterocycles. The number of carbonyl (C=O) groups is 1. The lowest BCUT2D eigenvalue weighted by Crippen LogP contribution is -2.29. The monoisotopic (exact) mass is 284 g/mol. The van der Waals surface area contributed by atoms with Crippen LogP contribution in [0, 0.1) is 0 Å². The van der Waals surface area contributed by atoms with Crippen LogP contribution in [0.5, 0.6) is 5.75 Å². The SMILES string of the molecule is CN(C)c1ccccc1N(C)C(=O)Cc1cccc(O)c1. The molecule has 4 heteroatoms. The average Bonchev–Trinajstić information content (AvgIpc) is 2.46. The fourth-order valence-corrected chi connectivity index (χ4v) is 2.22. The third-order valence-electron chi connectivity index (χ3n) is 3.36. The van der Waals surface area contributed by atoms with Gasteiger partial charge in [-0.15, -0.1) is 0 Å². The Labute approximate surface area is 125 Å². The Morgan fingerprint density at radius 1 is 1.00 bits per heavy atom. The minimum atomic E-state index is -0.0186. The summed E-state index contributed by atoms with van der Waals surface area (Å²) in [4.78, 5) is 16.1. The van der Waals surface area contributed by atoms with E-state index in [4.69, 9.17) is 0 Å². The second-order valence-corrected chi connectivity index (χ2v) is 5.18. The number of aromatic hydroxyl groups is 1. The van der Waals surface area contributed by atoms with Gasteiger partial charge in [0, 0.05) is 21.1 Å². The van der Waals surface area contributed by atoms with E-state index in [1.54, 1.807) is 30.1 Å². The zero-order valence-corrected chi connectivity index (χ0v) is 12.6. The summed E-state index contributed by atoms with van der Waals surface area (Å²) in [5.74, 6) is 0.159. The van der Waals surface area contributed by atoms with E-state index in [9.17, 15) is 9.90 Å². The summed E-state index contributed by atoms with van der Waals surface area (Å²) >= 11 is 0. The van der Waals surface area contributed by atoms with E-state index in [0.29, 0.717) is 0 Å². The number of para-hydroxylation sites is 2. The Balaban J connectivity index is 2.20. The molecular formula is C17H20N2O2. The Bertz CT molecular complexity index is 638. The smallest absolute Gasteiger partial charge is 0.231 e. The number of phenols is 1. The molecular weight excluding hydrogens is 264 g/mol. The van der Waals surface area contributed by atoms with Gasteiger partial charge < -0.3 is 14.9 Å². The van der Waals surface area contributed by atoms with Crippen molar-refractivity contribution in [2.75, 3.05) is 30.9 Å². The number of amides is 1. The van der Waals surface area contributed by atoms with Crippen molar-refractivity contribution in [3.63, 3.8) is 0 Å². The molecule has 0 unspecified atom stereocenters.